The van der Waals surface area contributed by atoms with E-state index in [2.05, 4.69) is 20.1 Å². The van der Waals surface area contributed by atoms with E-state index in [0.717, 1.165) is 54.1 Å². The Hall–Kier alpha value is -1.61. The van der Waals surface area contributed by atoms with E-state index >= 15 is 0 Å². The Morgan fingerprint density at radius 1 is 1.11 bits per heavy atom. The maximum atomic E-state index is 6.14. The van der Waals surface area contributed by atoms with Crippen LogP contribution in [0, 0.1) is 0 Å². The summed E-state index contributed by atoms with van der Waals surface area (Å²) in [4.78, 5) is 15.6. The highest BCUT2D eigenvalue weighted by Crippen LogP contribution is 2.44. The lowest BCUT2D eigenvalue weighted by atomic mass is 9.89. The molecule has 0 saturated heterocycles. The first-order valence-corrected chi connectivity index (χ1v) is 12.2. The molecule has 1 aliphatic rings. The Morgan fingerprint density at radius 2 is 1.96 bits per heavy atom. The quantitative estimate of drug-likeness (QED) is 0.232. The molecule has 0 aliphatic carbocycles. The fourth-order valence-corrected chi connectivity index (χ4v) is 5.96. The molecule has 0 radical (unpaired) electrons. The van der Waals surface area contributed by atoms with Crippen molar-refractivity contribution >= 4 is 55.3 Å². The predicted molar refractivity (Wildman–Crippen MR) is 117 cm³/mol. The highest BCUT2D eigenvalue weighted by Gasteiger charge is 2.32. The van der Waals surface area contributed by atoms with Gasteiger partial charge >= 0.3 is 0 Å². The first-order chi connectivity index (χ1) is 13.5. The topological polar surface area (TPSA) is 61.0 Å². The van der Waals surface area contributed by atoms with Gasteiger partial charge in [-0.2, -0.15) is 0 Å². The third-order valence-electron chi connectivity index (χ3n) is 4.97. The number of thiophene rings is 1. The zero-order valence-electron chi connectivity index (χ0n) is 16.0. The minimum Gasteiger partial charge on any atom is -0.463 e. The maximum absolute atomic E-state index is 6.14. The van der Waals surface area contributed by atoms with Gasteiger partial charge in [0, 0.05) is 17.4 Å². The van der Waals surface area contributed by atoms with Gasteiger partial charge in [-0.1, -0.05) is 11.8 Å². The number of fused-ring (bicyclic) bond motifs is 5. The number of hydrogen-bond donors (Lipinski definition) is 0. The molecule has 0 saturated carbocycles. The van der Waals surface area contributed by atoms with Gasteiger partial charge in [0.2, 0.25) is 0 Å². The van der Waals surface area contributed by atoms with Crippen LogP contribution in [0.3, 0.4) is 0 Å². The van der Waals surface area contributed by atoms with Crippen LogP contribution in [0.4, 0.5) is 0 Å². The van der Waals surface area contributed by atoms with Crippen molar-refractivity contribution in [3.8, 4) is 11.5 Å². The molecule has 8 heteroatoms. The van der Waals surface area contributed by atoms with Crippen LogP contribution in [-0.4, -0.2) is 33.1 Å². The molecule has 0 N–H and O–H groups in total. The number of furan rings is 1. The second-order valence-corrected chi connectivity index (χ2v) is 9.87. The first kappa shape index (κ1) is 18.4. The van der Waals surface area contributed by atoms with Gasteiger partial charge in [-0.05, 0) is 44.1 Å². The van der Waals surface area contributed by atoms with Gasteiger partial charge in [-0.3, -0.25) is 0 Å². The van der Waals surface area contributed by atoms with Crippen LogP contribution in [0.25, 0.3) is 31.9 Å². The van der Waals surface area contributed by atoms with Gasteiger partial charge in [0.05, 0.1) is 28.7 Å². The van der Waals surface area contributed by atoms with Crippen molar-refractivity contribution in [1.82, 2.24) is 15.0 Å². The summed E-state index contributed by atoms with van der Waals surface area (Å²) in [6.45, 7) is 4.80. The SMILES string of the molecule is CSc1nc(SC)c2sc3nc(-c4ccco4)c4c(c3c2n1)CC(C)(C)OC4. The molecule has 4 aromatic rings. The molecule has 4 aromatic heterocycles. The summed E-state index contributed by atoms with van der Waals surface area (Å²) in [6, 6.07) is 3.86. The van der Waals surface area contributed by atoms with E-state index in [1.165, 1.54) is 5.56 Å². The Morgan fingerprint density at radius 3 is 2.68 bits per heavy atom. The van der Waals surface area contributed by atoms with Crippen molar-refractivity contribution in [3.05, 3.63) is 29.5 Å². The summed E-state index contributed by atoms with van der Waals surface area (Å²) < 4.78 is 12.9. The molecule has 0 fully saturated rings. The smallest absolute Gasteiger partial charge is 0.189 e. The van der Waals surface area contributed by atoms with Crippen molar-refractivity contribution in [2.75, 3.05) is 12.5 Å². The van der Waals surface area contributed by atoms with E-state index in [-0.39, 0.29) is 5.60 Å². The first-order valence-electron chi connectivity index (χ1n) is 8.92. The van der Waals surface area contributed by atoms with Crippen molar-refractivity contribution in [1.29, 1.82) is 0 Å². The van der Waals surface area contributed by atoms with E-state index in [9.17, 15) is 0 Å². The van der Waals surface area contributed by atoms with Gasteiger partial charge in [0.1, 0.15) is 15.6 Å². The summed E-state index contributed by atoms with van der Waals surface area (Å²) in [5.74, 6) is 0.778. The van der Waals surface area contributed by atoms with Crippen molar-refractivity contribution in [2.45, 2.75) is 42.7 Å². The monoisotopic (exact) mass is 429 g/mol. The molecule has 28 heavy (non-hydrogen) atoms. The van der Waals surface area contributed by atoms with E-state index in [1.54, 1.807) is 41.1 Å². The van der Waals surface area contributed by atoms with E-state index in [1.807, 2.05) is 18.4 Å². The molecular weight excluding hydrogens is 410 g/mol. The molecule has 0 atom stereocenters. The molecule has 5 nitrogen and oxygen atoms in total. The van der Waals surface area contributed by atoms with Crippen molar-refractivity contribution in [3.63, 3.8) is 0 Å². The average Bonchev–Trinajstić information content (AvgIpc) is 3.33. The Kier molecular flexibility index (Phi) is 4.42. The van der Waals surface area contributed by atoms with E-state index < -0.39 is 0 Å². The molecule has 144 valence electrons. The minimum absolute atomic E-state index is 0.228. The summed E-state index contributed by atoms with van der Waals surface area (Å²) in [6.07, 6.45) is 6.58. The number of aromatic nitrogens is 3. The number of pyridine rings is 1. The lowest BCUT2D eigenvalue weighted by Crippen LogP contribution is -2.32. The van der Waals surface area contributed by atoms with Crippen molar-refractivity contribution in [2.24, 2.45) is 0 Å². The lowest BCUT2D eigenvalue weighted by molar-refractivity contribution is -0.0395. The van der Waals surface area contributed by atoms with Crippen LogP contribution >= 0.6 is 34.9 Å². The summed E-state index contributed by atoms with van der Waals surface area (Å²) in [5.41, 5.74) is 4.04. The minimum atomic E-state index is -0.228. The summed E-state index contributed by atoms with van der Waals surface area (Å²) in [5, 5.41) is 2.96. The molecule has 1 aliphatic heterocycles. The summed E-state index contributed by atoms with van der Waals surface area (Å²) in [7, 11) is 0. The van der Waals surface area contributed by atoms with Crippen LogP contribution in [0.15, 0.2) is 33.0 Å². The van der Waals surface area contributed by atoms with E-state index in [0.29, 0.717) is 6.61 Å². The van der Waals surface area contributed by atoms with Crippen LogP contribution in [-0.2, 0) is 17.8 Å². The second-order valence-electron chi connectivity index (χ2n) is 7.30. The standard InChI is InChI=1S/C20H19N3O2S3/c1-20(2)8-10-11(9-25-20)14(12-6-5-7-24-12)21-17-13(10)15-16(28-17)18(26-3)23-19(22-15)27-4/h5-7H,8-9H2,1-4H3. The zero-order chi connectivity index (χ0) is 19.5. The van der Waals surface area contributed by atoms with Gasteiger partial charge in [0.25, 0.3) is 0 Å². The molecule has 0 aromatic carbocycles. The van der Waals surface area contributed by atoms with Crippen LogP contribution in [0.1, 0.15) is 25.0 Å². The number of rotatable bonds is 3. The van der Waals surface area contributed by atoms with Gasteiger partial charge < -0.3 is 9.15 Å². The normalized spacial score (nSPS) is 16.0. The van der Waals surface area contributed by atoms with Crippen molar-refractivity contribution < 1.29 is 9.15 Å². The average molecular weight is 430 g/mol. The van der Waals surface area contributed by atoms with Gasteiger partial charge in [-0.15, -0.1) is 23.1 Å². The van der Waals surface area contributed by atoms with E-state index in [4.69, 9.17) is 24.1 Å². The molecule has 0 bridgehead atoms. The fourth-order valence-electron chi connectivity index (χ4n) is 3.68. The highest BCUT2D eigenvalue weighted by molar-refractivity contribution is 7.99. The molecule has 5 rings (SSSR count). The third-order valence-corrected chi connectivity index (χ3v) is 7.41. The fraction of sp³-hybridized carbons (Fsp3) is 0.350. The molecule has 0 amide bonds. The third kappa shape index (κ3) is 2.85. The van der Waals surface area contributed by atoms with Gasteiger partial charge in [-0.25, -0.2) is 15.0 Å². The van der Waals surface area contributed by atoms with Crippen LogP contribution < -0.4 is 0 Å². The lowest BCUT2D eigenvalue weighted by Gasteiger charge is -2.32. The number of hydrogen-bond acceptors (Lipinski definition) is 8. The summed E-state index contributed by atoms with van der Waals surface area (Å²) >= 11 is 4.90. The van der Waals surface area contributed by atoms with Crippen LogP contribution in [0.5, 0.6) is 0 Å². The second kappa shape index (κ2) is 6.73. The number of nitrogens with zero attached hydrogens (tertiary/aromatic N) is 3. The predicted octanol–water partition coefficient (Wildman–Crippen LogP) is 5.79. The molecule has 5 heterocycles. The largest absolute Gasteiger partial charge is 0.463 e. The number of ether oxygens (including phenoxy) is 1. The highest BCUT2D eigenvalue weighted by atomic mass is 32.2. The molecule has 0 unspecified atom stereocenters. The van der Waals surface area contributed by atoms with Crippen LogP contribution in [0.2, 0.25) is 0 Å². The Labute approximate surface area is 175 Å². The molecule has 0 spiro atoms. The Bertz CT molecular complexity index is 1200. The van der Waals surface area contributed by atoms with Gasteiger partial charge in [0.15, 0.2) is 10.9 Å². The Balaban J connectivity index is 1.91. The maximum Gasteiger partial charge on any atom is 0.189 e. The number of thioether (sulfide) groups is 2. The zero-order valence-corrected chi connectivity index (χ0v) is 18.5. The molecular formula is C20H19N3O2S3.